The molecule has 0 saturated carbocycles. The molecule has 85 valence electrons. The van der Waals surface area contributed by atoms with Gasteiger partial charge in [0.15, 0.2) is 0 Å². The standard InChI is InChI=1S/C11H25O2Si/c1-5-8-9-10-11-14(4,12-6-2)13-7-3/h11H,5-10H2,1-4H3. The van der Waals surface area contributed by atoms with Gasteiger partial charge < -0.3 is 8.85 Å². The van der Waals surface area contributed by atoms with Crippen LogP contribution in [0.5, 0.6) is 0 Å². The van der Waals surface area contributed by atoms with Crippen molar-refractivity contribution in [1.29, 1.82) is 0 Å². The molecular weight excluding hydrogens is 192 g/mol. The van der Waals surface area contributed by atoms with Gasteiger partial charge in [-0.1, -0.05) is 26.2 Å². The maximum atomic E-state index is 5.71. The van der Waals surface area contributed by atoms with Crippen LogP contribution in [-0.2, 0) is 8.85 Å². The lowest BCUT2D eigenvalue weighted by atomic mass is 10.2. The molecule has 0 rings (SSSR count). The molecule has 0 amide bonds. The summed E-state index contributed by atoms with van der Waals surface area (Å²) in [6.45, 7) is 9.93. The Morgan fingerprint density at radius 1 is 1.00 bits per heavy atom. The molecule has 1 radical (unpaired) electrons. The minimum absolute atomic E-state index is 0.757. The molecule has 0 saturated heterocycles. The van der Waals surface area contributed by atoms with E-state index in [2.05, 4.69) is 19.5 Å². The van der Waals surface area contributed by atoms with Gasteiger partial charge in [-0.2, -0.15) is 0 Å². The van der Waals surface area contributed by atoms with E-state index in [0.717, 1.165) is 19.6 Å². The second kappa shape index (κ2) is 8.45. The SMILES string of the molecule is CCCCC[CH][Si](C)(OCC)OCC. The first kappa shape index (κ1) is 14.1. The van der Waals surface area contributed by atoms with Crippen molar-refractivity contribution in [2.45, 2.75) is 53.0 Å². The fraction of sp³-hybridized carbons (Fsp3) is 0.909. The van der Waals surface area contributed by atoms with Crippen LogP contribution in [0.4, 0.5) is 0 Å². The zero-order valence-electron chi connectivity index (χ0n) is 10.1. The van der Waals surface area contributed by atoms with E-state index in [1.807, 2.05) is 13.8 Å². The molecule has 0 fully saturated rings. The smallest absolute Gasteiger partial charge is 0.338 e. The summed E-state index contributed by atoms with van der Waals surface area (Å²) in [5.74, 6) is 0. The lowest BCUT2D eigenvalue weighted by molar-refractivity contribution is 0.195. The van der Waals surface area contributed by atoms with Crippen molar-refractivity contribution in [3.63, 3.8) is 0 Å². The predicted molar refractivity (Wildman–Crippen MR) is 63.3 cm³/mol. The third-order valence-electron chi connectivity index (χ3n) is 2.18. The van der Waals surface area contributed by atoms with Gasteiger partial charge in [-0.3, -0.25) is 0 Å². The van der Waals surface area contributed by atoms with Crippen molar-refractivity contribution in [1.82, 2.24) is 0 Å². The fourth-order valence-corrected chi connectivity index (χ4v) is 3.69. The van der Waals surface area contributed by atoms with Gasteiger partial charge in [0.2, 0.25) is 0 Å². The molecule has 3 heteroatoms. The first-order valence-corrected chi connectivity index (χ1v) is 8.20. The van der Waals surface area contributed by atoms with Crippen molar-refractivity contribution in [2.75, 3.05) is 13.2 Å². The summed E-state index contributed by atoms with van der Waals surface area (Å²) in [6.07, 6.45) is 4.98. The van der Waals surface area contributed by atoms with Gasteiger partial charge in [0.05, 0.1) is 0 Å². The topological polar surface area (TPSA) is 18.5 Å². The Hall–Kier alpha value is 0.137. The molecule has 0 aromatic rings. The molecule has 0 aliphatic heterocycles. The van der Waals surface area contributed by atoms with Crippen LogP contribution in [-0.4, -0.2) is 21.8 Å². The van der Waals surface area contributed by atoms with Crippen LogP contribution in [0, 0.1) is 6.04 Å². The van der Waals surface area contributed by atoms with Crippen LogP contribution >= 0.6 is 0 Å². The molecule has 0 bridgehead atoms. The molecule has 0 unspecified atom stereocenters. The van der Waals surface area contributed by atoms with Crippen LogP contribution in [0.2, 0.25) is 6.55 Å². The van der Waals surface area contributed by atoms with Crippen LogP contribution in [0.15, 0.2) is 0 Å². The van der Waals surface area contributed by atoms with Crippen molar-refractivity contribution in [2.24, 2.45) is 0 Å². The summed E-state index contributed by atoms with van der Waals surface area (Å²) in [6, 6.07) is 2.29. The lowest BCUT2D eigenvalue weighted by Crippen LogP contribution is -2.39. The molecule has 14 heavy (non-hydrogen) atoms. The average molecular weight is 217 g/mol. The van der Waals surface area contributed by atoms with Gasteiger partial charge in [0.25, 0.3) is 0 Å². The van der Waals surface area contributed by atoms with Gasteiger partial charge in [0, 0.05) is 19.3 Å². The van der Waals surface area contributed by atoms with E-state index in [0.29, 0.717) is 0 Å². The first-order chi connectivity index (χ1) is 6.68. The summed E-state index contributed by atoms with van der Waals surface area (Å²) >= 11 is 0. The molecule has 0 atom stereocenters. The Kier molecular flexibility index (Phi) is 8.53. The van der Waals surface area contributed by atoms with Crippen LogP contribution in [0.25, 0.3) is 0 Å². The van der Waals surface area contributed by atoms with E-state index in [1.54, 1.807) is 0 Å². The number of rotatable bonds is 9. The maximum Gasteiger partial charge on any atom is 0.338 e. The Morgan fingerprint density at radius 2 is 1.57 bits per heavy atom. The second-order valence-electron chi connectivity index (χ2n) is 3.58. The summed E-state index contributed by atoms with van der Waals surface area (Å²) in [5, 5.41) is 0. The fourth-order valence-electron chi connectivity index (χ4n) is 1.49. The highest BCUT2D eigenvalue weighted by molar-refractivity contribution is 6.69. The van der Waals surface area contributed by atoms with Gasteiger partial charge in [-0.05, 0) is 26.8 Å². The van der Waals surface area contributed by atoms with E-state index in [9.17, 15) is 0 Å². The summed E-state index contributed by atoms with van der Waals surface area (Å²) < 4.78 is 11.4. The zero-order chi connectivity index (χ0) is 10.9. The Balaban J connectivity index is 3.71. The second-order valence-corrected chi connectivity index (χ2v) is 6.60. The molecule has 0 aliphatic rings. The van der Waals surface area contributed by atoms with Gasteiger partial charge >= 0.3 is 8.56 Å². The highest BCUT2D eigenvalue weighted by Crippen LogP contribution is 2.15. The molecule has 0 spiro atoms. The van der Waals surface area contributed by atoms with Crippen molar-refractivity contribution in [3.8, 4) is 0 Å². The quantitative estimate of drug-likeness (QED) is 0.435. The number of hydrogen-bond donors (Lipinski definition) is 0. The molecule has 2 nitrogen and oxygen atoms in total. The zero-order valence-corrected chi connectivity index (χ0v) is 11.1. The molecule has 0 aromatic heterocycles. The van der Waals surface area contributed by atoms with Crippen molar-refractivity contribution < 1.29 is 8.85 Å². The largest absolute Gasteiger partial charge is 0.394 e. The Bertz CT molecular complexity index is 122. The Labute approximate surface area is 90.2 Å². The van der Waals surface area contributed by atoms with E-state index in [4.69, 9.17) is 8.85 Å². The molecule has 0 N–H and O–H groups in total. The normalized spacial score (nSPS) is 12.0. The minimum atomic E-state index is -1.92. The van der Waals surface area contributed by atoms with Crippen molar-refractivity contribution >= 4 is 8.56 Å². The first-order valence-electron chi connectivity index (χ1n) is 5.80. The van der Waals surface area contributed by atoms with E-state index in [1.165, 1.54) is 19.3 Å². The lowest BCUT2D eigenvalue weighted by Gasteiger charge is -2.25. The highest BCUT2D eigenvalue weighted by Gasteiger charge is 2.29. The van der Waals surface area contributed by atoms with E-state index in [-0.39, 0.29) is 0 Å². The third-order valence-corrected chi connectivity index (χ3v) is 4.94. The van der Waals surface area contributed by atoms with Crippen LogP contribution < -0.4 is 0 Å². The number of unbranched alkanes of at least 4 members (excludes halogenated alkanes) is 3. The summed E-state index contributed by atoms with van der Waals surface area (Å²) in [7, 11) is -1.92. The van der Waals surface area contributed by atoms with Gasteiger partial charge in [0.1, 0.15) is 0 Å². The summed E-state index contributed by atoms with van der Waals surface area (Å²) in [5.41, 5.74) is 0. The van der Waals surface area contributed by atoms with Gasteiger partial charge in [-0.25, -0.2) is 0 Å². The van der Waals surface area contributed by atoms with E-state index >= 15 is 0 Å². The van der Waals surface area contributed by atoms with Crippen molar-refractivity contribution in [3.05, 3.63) is 6.04 Å². The molecular formula is C11H25O2Si. The predicted octanol–water partition coefficient (Wildman–Crippen LogP) is 3.46. The minimum Gasteiger partial charge on any atom is -0.394 e. The highest BCUT2D eigenvalue weighted by atomic mass is 28.4. The maximum absolute atomic E-state index is 5.71. The molecule has 0 heterocycles. The molecule has 0 aliphatic carbocycles. The van der Waals surface area contributed by atoms with Gasteiger partial charge in [-0.15, -0.1) is 0 Å². The average Bonchev–Trinajstić information content (AvgIpc) is 2.13. The van der Waals surface area contributed by atoms with Crippen LogP contribution in [0.1, 0.15) is 46.5 Å². The van der Waals surface area contributed by atoms with E-state index < -0.39 is 8.56 Å². The van der Waals surface area contributed by atoms with Crippen LogP contribution in [0.3, 0.4) is 0 Å². The summed E-state index contributed by atoms with van der Waals surface area (Å²) in [4.78, 5) is 0. The monoisotopic (exact) mass is 217 g/mol. The third kappa shape index (κ3) is 6.57. The number of hydrogen-bond acceptors (Lipinski definition) is 2. The Morgan fingerprint density at radius 3 is 2.00 bits per heavy atom. The molecule has 0 aromatic carbocycles.